The van der Waals surface area contributed by atoms with Crippen LogP contribution in [0.1, 0.15) is 51.4 Å². The topological polar surface area (TPSA) is 38.8 Å². The van der Waals surface area contributed by atoms with E-state index in [1.54, 1.807) is 0 Å². The molecule has 4 heteroatoms. The van der Waals surface area contributed by atoms with E-state index in [0.717, 1.165) is 26.1 Å². The fourth-order valence-electron chi connectivity index (χ4n) is 4.23. The SMILES string of the molecule is COC(=O)C1CCN(CC2CCC3(CCCCC3)O2)C1. The van der Waals surface area contributed by atoms with E-state index in [0.29, 0.717) is 6.10 Å². The van der Waals surface area contributed by atoms with Crippen LogP contribution in [-0.2, 0) is 14.3 Å². The summed E-state index contributed by atoms with van der Waals surface area (Å²) in [4.78, 5) is 13.9. The second-order valence-corrected chi connectivity index (χ2v) is 6.79. The van der Waals surface area contributed by atoms with Crippen molar-refractivity contribution in [3.05, 3.63) is 0 Å². The molecule has 0 N–H and O–H groups in total. The first-order valence-corrected chi connectivity index (χ1v) is 8.19. The van der Waals surface area contributed by atoms with Crippen molar-refractivity contribution in [1.29, 1.82) is 0 Å². The van der Waals surface area contributed by atoms with Gasteiger partial charge in [-0.3, -0.25) is 9.69 Å². The van der Waals surface area contributed by atoms with Crippen molar-refractivity contribution in [2.45, 2.75) is 63.1 Å². The fourth-order valence-corrected chi connectivity index (χ4v) is 4.23. The molecule has 0 aromatic carbocycles. The maximum absolute atomic E-state index is 11.6. The van der Waals surface area contributed by atoms with E-state index >= 15 is 0 Å². The number of rotatable bonds is 3. The number of carbonyl (C=O) groups is 1. The summed E-state index contributed by atoms with van der Waals surface area (Å²) in [6, 6.07) is 0. The molecule has 20 heavy (non-hydrogen) atoms. The Bertz CT molecular complexity index is 352. The van der Waals surface area contributed by atoms with Gasteiger partial charge in [-0.15, -0.1) is 0 Å². The molecule has 3 aliphatic rings. The molecule has 3 fully saturated rings. The van der Waals surface area contributed by atoms with E-state index in [4.69, 9.17) is 9.47 Å². The summed E-state index contributed by atoms with van der Waals surface area (Å²) >= 11 is 0. The van der Waals surface area contributed by atoms with E-state index < -0.39 is 0 Å². The Labute approximate surface area is 121 Å². The highest BCUT2D eigenvalue weighted by atomic mass is 16.5. The molecule has 2 atom stereocenters. The van der Waals surface area contributed by atoms with Gasteiger partial charge in [-0.25, -0.2) is 0 Å². The highest BCUT2D eigenvalue weighted by Crippen LogP contribution is 2.42. The lowest BCUT2D eigenvalue weighted by atomic mass is 9.83. The van der Waals surface area contributed by atoms with Gasteiger partial charge in [0.05, 0.1) is 24.7 Å². The van der Waals surface area contributed by atoms with Crippen LogP contribution in [0.4, 0.5) is 0 Å². The minimum Gasteiger partial charge on any atom is -0.469 e. The van der Waals surface area contributed by atoms with Gasteiger partial charge in [0.15, 0.2) is 0 Å². The number of esters is 1. The van der Waals surface area contributed by atoms with Crippen molar-refractivity contribution >= 4 is 5.97 Å². The second kappa shape index (κ2) is 6.02. The number of carbonyl (C=O) groups excluding carboxylic acids is 1. The zero-order valence-electron chi connectivity index (χ0n) is 12.6. The first kappa shape index (κ1) is 14.3. The molecule has 0 amide bonds. The molecular weight excluding hydrogens is 254 g/mol. The van der Waals surface area contributed by atoms with Gasteiger partial charge in [0, 0.05) is 13.1 Å². The third-order valence-electron chi connectivity index (χ3n) is 5.37. The number of ether oxygens (including phenoxy) is 2. The third-order valence-corrected chi connectivity index (χ3v) is 5.37. The Morgan fingerprint density at radius 1 is 1.25 bits per heavy atom. The van der Waals surface area contributed by atoms with Crippen molar-refractivity contribution in [2.75, 3.05) is 26.7 Å². The van der Waals surface area contributed by atoms with Crippen molar-refractivity contribution in [3.63, 3.8) is 0 Å². The summed E-state index contributed by atoms with van der Waals surface area (Å²) in [5.74, 6) is 0.0219. The van der Waals surface area contributed by atoms with Crippen LogP contribution in [0, 0.1) is 5.92 Å². The summed E-state index contributed by atoms with van der Waals surface area (Å²) in [6.45, 7) is 2.85. The lowest BCUT2D eigenvalue weighted by molar-refractivity contribution is -0.145. The molecule has 0 radical (unpaired) electrons. The van der Waals surface area contributed by atoms with Crippen molar-refractivity contribution in [1.82, 2.24) is 4.90 Å². The van der Waals surface area contributed by atoms with Crippen molar-refractivity contribution in [3.8, 4) is 0 Å². The Hall–Kier alpha value is -0.610. The first-order chi connectivity index (χ1) is 9.71. The maximum atomic E-state index is 11.6. The Balaban J connectivity index is 1.47. The van der Waals surface area contributed by atoms with Gasteiger partial charge >= 0.3 is 5.97 Å². The summed E-state index contributed by atoms with van der Waals surface area (Å²) < 4.78 is 11.3. The Kier molecular flexibility index (Phi) is 4.32. The zero-order chi connectivity index (χ0) is 14.0. The summed E-state index contributed by atoms with van der Waals surface area (Å²) in [7, 11) is 1.48. The summed E-state index contributed by atoms with van der Waals surface area (Å²) in [6.07, 6.45) is 10.3. The second-order valence-electron chi connectivity index (χ2n) is 6.79. The molecule has 1 spiro atoms. The standard InChI is InChI=1S/C16H27NO3/c1-19-15(18)13-6-10-17(11-13)12-14-5-9-16(20-14)7-3-2-4-8-16/h13-14H,2-12H2,1H3. The molecule has 0 aromatic heterocycles. The molecular formula is C16H27NO3. The predicted molar refractivity (Wildman–Crippen MR) is 76.5 cm³/mol. The van der Waals surface area contributed by atoms with E-state index in [9.17, 15) is 4.79 Å². The summed E-state index contributed by atoms with van der Waals surface area (Å²) in [5, 5.41) is 0. The number of likely N-dealkylation sites (tertiary alicyclic amines) is 1. The molecule has 2 unspecified atom stereocenters. The molecule has 2 heterocycles. The summed E-state index contributed by atoms with van der Waals surface area (Å²) in [5.41, 5.74) is 0.213. The average Bonchev–Trinajstić information content (AvgIpc) is 3.07. The third kappa shape index (κ3) is 3.01. The average molecular weight is 281 g/mol. The number of hydrogen-bond acceptors (Lipinski definition) is 4. The van der Waals surface area contributed by atoms with E-state index in [1.165, 1.54) is 52.1 Å². The highest BCUT2D eigenvalue weighted by molar-refractivity contribution is 5.72. The van der Waals surface area contributed by atoms with Gasteiger partial charge in [0.1, 0.15) is 0 Å². The molecule has 0 aromatic rings. The van der Waals surface area contributed by atoms with Crippen LogP contribution in [0.3, 0.4) is 0 Å². The molecule has 2 aliphatic heterocycles. The Morgan fingerprint density at radius 2 is 2.05 bits per heavy atom. The predicted octanol–water partition coefficient (Wildman–Crippen LogP) is 2.36. The zero-order valence-corrected chi connectivity index (χ0v) is 12.6. The number of methoxy groups -OCH3 is 1. The van der Waals surface area contributed by atoms with Crippen molar-refractivity contribution < 1.29 is 14.3 Å². The largest absolute Gasteiger partial charge is 0.469 e. The van der Waals surface area contributed by atoms with Crippen molar-refractivity contribution in [2.24, 2.45) is 5.92 Å². The molecule has 0 bridgehead atoms. The van der Waals surface area contributed by atoms with Crippen LogP contribution in [-0.4, -0.2) is 49.3 Å². The lowest BCUT2D eigenvalue weighted by Crippen LogP contribution is -2.36. The van der Waals surface area contributed by atoms with Crippen LogP contribution in [0.2, 0.25) is 0 Å². The first-order valence-electron chi connectivity index (χ1n) is 8.19. The van der Waals surface area contributed by atoms with Gasteiger partial charge in [0.2, 0.25) is 0 Å². The minimum atomic E-state index is -0.0522. The van der Waals surface area contributed by atoms with Crippen LogP contribution in [0.25, 0.3) is 0 Å². The van der Waals surface area contributed by atoms with Crippen LogP contribution in [0.15, 0.2) is 0 Å². The van der Waals surface area contributed by atoms with Gasteiger partial charge in [-0.05, 0) is 38.6 Å². The van der Waals surface area contributed by atoms with E-state index in [2.05, 4.69) is 4.90 Å². The molecule has 1 saturated carbocycles. The smallest absolute Gasteiger partial charge is 0.310 e. The molecule has 4 nitrogen and oxygen atoms in total. The van der Waals surface area contributed by atoms with Gasteiger partial charge in [0.25, 0.3) is 0 Å². The monoisotopic (exact) mass is 281 g/mol. The molecule has 2 saturated heterocycles. The normalized spacial score (nSPS) is 33.6. The maximum Gasteiger partial charge on any atom is 0.310 e. The van der Waals surface area contributed by atoms with Crippen LogP contribution in [0.5, 0.6) is 0 Å². The quantitative estimate of drug-likeness (QED) is 0.744. The lowest BCUT2D eigenvalue weighted by Gasteiger charge is -2.34. The number of hydrogen-bond donors (Lipinski definition) is 0. The van der Waals surface area contributed by atoms with Gasteiger partial charge in [-0.2, -0.15) is 0 Å². The molecule has 1 aliphatic carbocycles. The van der Waals surface area contributed by atoms with Crippen LogP contribution >= 0.6 is 0 Å². The molecule has 3 rings (SSSR count). The van der Waals surface area contributed by atoms with E-state index in [-0.39, 0.29) is 17.5 Å². The van der Waals surface area contributed by atoms with Gasteiger partial charge < -0.3 is 9.47 Å². The highest BCUT2D eigenvalue weighted by Gasteiger charge is 2.41. The number of nitrogens with zero attached hydrogens (tertiary/aromatic N) is 1. The van der Waals surface area contributed by atoms with Gasteiger partial charge in [-0.1, -0.05) is 19.3 Å². The van der Waals surface area contributed by atoms with Crippen LogP contribution < -0.4 is 0 Å². The Morgan fingerprint density at radius 3 is 2.80 bits per heavy atom. The minimum absolute atomic E-state index is 0.0522. The fraction of sp³-hybridized carbons (Fsp3) is 0.938. The van der Waals surface area contributed by atoms with E-state index in [1.807, 2.05) is 0 Å². The molecule has 114 valence electrons.